The lowest BCUT2D eigenvalue weighted by Crippen LogP contribution is -2.25. The van der Waals surface area contributed by atoms with Crippen molar-refractivity contribution in [2.75, 3.05) is 5.32 Å². The Balaban J connectivity index is 1.95. The second-order valence-electron chi connectivity index (χ2n) is 8.09. The molecule has 0 aromatic carbocycles. The van der Waals surface area contributed by atoms with Gasteiger partial charge in [0.05, 0.1) is 16.3 Å². The first kappa shape index (κ1) is 23.7. The molecule has 0 radical (unpaired) electrons. The molecular weight excluding hydrogens is 424 g/mol. The van der Waals surface area contributed by atoms with Crippen molar-refractivity contribution in [3.05, 3.63) is 62.0 Å². The minimum Gasteiger partial charge on any atom is -0.478 e. The van der Waals surface area contributed by atoms with Crippen LogP contribution in [0.5, 0.6) is 0 Å². The Morgan fingerprint density at radius 1 is 1.25 bits per heavy atom. The second kappa shape index (κ2) is 10.5. The van der Waals surface area contributed by atoms with Crippen molar-refractivity contribution < 1.29 is 9.90 Å². The van der Waals surface area contributed by atoms with Crippen molar-refractivity contribution in [1.29, 1.82) is 0 Å². The van der Waals surface area contributed by atoms with Crippen LogP contribution in [-0.4, -0.2) is 31.5 Å². The Morgan fingerprint density at radius 2 is 2.00 bits per heavy atom. The van der Waals surface area contributed by atoms with Crippen molar-refractivity contribution in [3.63, 3.8) is 0 Å². The SMILES string of the molecule is CCC(CC)Nc1nc2cc(CCc3nc(C(C)C)cs3)ccn2c(=O)c1/C=C/C(=O)O. The zero-order chi connectivity index (χ0) is 23.3. The van der Waals surface area contributed by atoms with E-state index >= 15 is 0 Å². The third kappa shape index (κ3) is 5.62. The molecule has 0 fully saturated rings. The number of thiazole rings is 1. The molecule has 3 aromatic heterocycles. The topological polar surface area (TPSA) is 96.6 Å². The number of carboxylic acid groups (broad SMARTS) is 1. The van der Waals surface area contributed by atoms with E-state index in [1.165, 1.54) is 10.5 Å². The zero-order valence-corrected chi connectivity index (χ0v) is 19.8. The van der Waals surface area contributed by atoms with Crippen LogP contribution >= 0.6 is 11.3 Å². The van der Waals surface area contributed by atoms with E-state index in [2.05, 4.69) is 43.4 Å². The van der Waals surface area contributed by atoms with Gasteiger partial charge in [-0.05, 0) is 49.0 Å². The largest absolute Gasteiger partial charge is 0.478 e. The lowest BCUT2D eigenvalue weighted by molar-refractivity contribution is -0.131. The summed E-state index contributed by atoms with van der Waals surface area (Å²) < 4.78 is 1.46. The third-order valence-electron chi connectivity index (χ3n) is 5.44. The maximum atomic E-state index is 13.1. The number of fused-ring (bicyclic) bond motifs is 1. The van der Waals surface area contributed by atoms with E-state index in [9.17, 15) is 9.59 Å². The van der Waals surface area contributed by atoms with Crippen LogP contribution in [0, 0.1) is 0 Å². The van der Waals surface area contributed by atoms with E-state index < -0.39 is 5.97 Å². The highest BCUT2D eigenvalue weighted by molar-refractivity contribution is 7.09. The molecule has 0 aliphatic carbocycles. The predicted octanol–water partition coefficient (Wildman–Crippen LogP) is 4.76. The molecular formula is C24H30N4O3S. The number of aryl methyl sites for hydroxylation is 2. The molecule has 0 unspecified atom stereocenters. The molecule has 0 aliphatic heterocycles. The van der Waals surface area contributed by atoms with E-state index in [0.717, 1.165) is 48.0 Å². The number of aromatic nitrogens is 3. The first-order chi connectivity index (χ1) is 15.3. The molecule has 3 rings (SSSR count). The van der Waals surface area contributed by atoms with E-state index in [1.807, 2.05) is 12.1 Å². The smallest absolute Gasteiger partial charge is 0.328 e. The summed E-state index contributed by atoms with van der Waals surface area (Å²) in [5.74, 6) is -0.275. The molecule has 0 aliphatic rings. The van der Waals surface area contributed by atoms with Gasteiger partial charge < -0.3 is 10.4 Å². The van der Waals surface area contributed by atoms with Crippen LogP contribution in [0.4, 0.5) is 5.82 Å². The molecule has 0 atom stereocenters. The number of nitrogens with zero attached hydrogens (tertiary/aromatic N) is 3. The van der Waals surface area contributed by atoms with Gasteiger partial charge in [-0.3, -0.25) is 9.20 Å². The number of anilines is 1. The Hall–Kier alpha value is -3.00. The minimum absolute atomic E-state index is 0.143. The molecule has 3 aromatic rings. The number of carbonyl (C=O) groups is 1. The van der Waals surface area contributed by atoms with Crippen molar-refractivity contribution in [3.8, 4) is 0 Å². The fraction of sp³-hybridized carbons (Fsp3) is 0.417. The Morgan fingerprint density at radius 3 is 2.62 bits per heavy atom. The van der Waals surface area contributed by atoms with Crippen molar-refractivity contribution >= 4 is 34.8 Å². The third-order valence-corrected chi connectivity index (χ3v) is 6.36. The fourth-order valence-corrected chi connectivity index (χ4v) is 4.37. The highest BCUT2D eigenvalue weighted by Gasteiger charge is 2.14. The van der Waals surface area contributed by atoms with E-state index in [4.69, 9.17) is 10.1 Å². The van der Waals surface area contributed by atoms with Crippen LogP contribution in [-0.2, 0) is 17.6 Å². The number of pyridine rings is 1. The van der Waals surface area contributed by atoms with Crippen molar-refractivity contribution in [2.45, 2.75) is 65.3 Å². The van der Waals surface area contributed by atoms with Crippen LogP contribution in [0.3, 0.4) is 0 Å². The summed E-state index contributed by atoms with van der Waals surface area (Å²) in [4.78, 5) is 33.5. The zero-order valence-electron chi connectivity index (χ0n) is 19.0. The van der Waals surface area contributed by atoms with Crippen LogP contribution in [0.15, 0.2) is 34.6 Å². The van der Waals surface area contributed by atoms with Gasteiger partial charge in [-0.15, -0.1) is 11.3 Å². The molecule has 0 amide bonds. The van der Waals surface area contributed by atoms with E-state index in [1.54, 1.807) is 17.5 Å². The molecule has 2 N–H and O–H groups in total. The lowest BCUT2D eigenvalue weighted by atomic mass is 10.1. The second-order valence-corrected chi connectivity index (χ2v) is 9.04. The number of hydrogen-bond donors (Lipinski definition) is 2. The number of aliphatic carboxylic acids is 1. The van der Waals surface area contributed by atoms with Crippen LogP contribution in [0.25, 0.3) is 11.7 Å². The average Bonchev–Trinajstić information content (AvgIpc) is 3.24. The Bertz CT molecular complexity index is 1180. The van der Waals surface area contributed by atoms with Gasteiger partial charge in [0.15, 0.2) is 0 Å². The normalized spacial score (nSPS) is 11.8. The Labute approximate surface area is 191 Å². The lowest BCUT2D eigenvalue weighted by Gasteiger charge is -2.18. The maximum absolute atomic E-state index is 13.1. The van der Waals surface area contributed by atoms with Gasteiger partial charge in [0.25, 0.3) is 5.56 Å². The fourth-order valence-electron chi connectivity index (χ4n) is 3.41. The summed E-state index contributed by atoms with van der Waals surface area (Å²) in [5.41, 5.74) is 2.68. The maximum Gasteiger partial charge on any atom is 0.328 e. The summed E-state index contributed by atoms with van der Waals surface area (Å²) in [7, 11) is 0. The summed E-state index contributed by atoms with van der Waals surface area (Å²) in [6.07, 6.45) is 7.36. The number of nitrogens with one attached hydrogen (secondary N) is 1. The van der Waals surface area contributed by atoms with Gasteiger partial charge in [-0.25, -0.2) is 14.8 Å². The van der Waals surface area contributed by atoms with Gasteiger partial charge in [-0.2, -0.15) is 0 Å². The highest BCUT2D eigenvalue weighted by Crippen LogP contribution is 2.20. The van der Waals surface area contributed by atoms with E-state index in [-0.39, 0.29) is 17.2 Å². The molecule has 3 heterocycles. The minimum atomic E-state index is -1.11. The first-order valence-electron chi connectivity index (χ1n) is 11.0. The number of carboxylic acids is 1. The standard InChI is InChI=1S/C24H30N4O3S/c1-5-17(6-2)25-23-18(8-10-22(29)30)24(31)28-12-11-16(13-20(28)27-23)7-9-21-26-19(14-32-21)15(3)4/h8,10-15,17,25H,5-7,9H2,1-4H3,(H,29,30)/b10-8+. The Kier molecular flexibility index (Phi) is 7.80. The molecule has 7 nitrogen and oxygen atoms in total. The molecule has 8 heteroatoms. The molecule has 0 saturated heterocycles. The van der Waals surface area contributed by atoms with Crippen LogP contribution in [0.1, 0.15) is 68.3 Å². The summed E-state index contributed by atoms with van der Waals surface area (Å²) in [5, 5.41) is 15.6. The van der Waals surface area contributed by atoms with Gasteiger partial charge >= 0.3 is 5.97 Å². The molecule has 0 spiro atoms. The molecule has 32 heavy (non-hydrogen) atoms. The average molecular weight is 455 g/mol. The van der Waals surface area contributed by atoms with Crippen molar-refractivity contribution in [2.24, 2.45) is 0 Å². The van der Waals surface area contributed by atoms with Crippen LogP contribution < -0.4 is 10.9 Å². The number of hydrogen-bond acceptors (Lipinski definition) is 6. The molecule has 0 saturated carbocycles. The summed E-state index contributed by atoms with van der Waals surface area (Å²) >= 11 is 1.68. The van der Waals surface area contributed by atoms with Gasteiger partial charge in [0.1, 0.15) is 11.5 Å². The van der Waals surface area contributed by atoms with Gasteiger partial charge in [-0.1, -0.05) is 27.7 Å². The van der Waals surface area contributed by atoms with E-state index in [0.29, 0.717) is 17.4 Å². The van der Waals surface area contributed by atoms with Gasteiger partial charge in [0, 0.05) is 30.1 Å². The summed E-state index contributed by atoms with van der Waals surface area (Å²) in [6.45, 7) is 8.39. The quantitative estimate of drug-likeness (QED) is 0.429. The van der Waals surface area contributed by atoms with Gasteiger partial charge in [0.2, 0.25) is 0 Å². The monoisotopic (exact) mass is 454 g/mol. The molecule has 0 bridgehead atoms. The van der Waals surface area contributed by atoms with Crippen LogP contribution in [0.2, 0.25) is 0 Å². The molecule has 170 valence electrons. The predicted molar refractivity (Wildman–Crippen MR) is 130 cm³/mol. The first-order valence-corrected chi connectivity index (χ1v) is 11.9. The summed E-state index contributed by atoms with van der Waals surface area (Å²) in [6, 6.07) is 3.97. The van der Waals surface area contributed by atoms with Crippen molar-refractivity contribution in [1.82, 2.24) is 14.4 Å². The number of rotatable bonds is 10. The highest BCUT2D eigenvalue weighted by atomic mass is 32.1.